The highest BCUT2D eigenvalue weighted by Crippen LogP contribution is 2.22. The lowest BCUT2D eigenvalue weighted by molar-refractivity contribution is 0.0699. The normalized spacial score (nSPS) is 11.3. The summed E-state index contributed by atoms with van der Waals surface area (Å²) in [4.78, 5) is 11.1. The molecule has 3 nitrogen and oxygen atoms in total. The standard InChI is InChI=1S/C15H19NO2/c1-3-11(4-2)10-16-9-8-12-13(15(17)18)6-5-7-14(12)16/h5-9,11H,3-4,10H2,1-2H3,(H,17,18). The van der Waals surface area contributed by atoms with Crippen molar-refractivity contribution in [3.05, 3.63) is 36.0 Å². The summed E-state index contributed by atoms with van der Waals surface area (Å²) in [5, 5.41) is 9.99. The van der Waals surface area contributed by atoms with Gasteiger partial charge in [0.1, 0.15) is 0 Å². The zero-order valence-electron chi connectivity index (χ0n) is 10.9. The van der Waals surface area contributed by atoms with E-state index < -0.39 is 5.97 Å². The molecule has 0 aliphatic rings. The molecule has 0 aliphatic carbocycles. The number of hydrogen-bond donors (Lipinski definition) is 1. The van der Waals surface area contributed by atoms with Crippen LogP contribution in [0.15, 0.2) is 30.5 Å². The number of carboxylic acids is 1. The van der Waals surface area contributed by atoms with Crippen molar-refractivity contribution in [2.45, 2.75) is 33.2 Å². The maximum Gasteiger partial charge on any atom is 0.336 e. The summed E-state index contributed by atoms with van der Waals surface area (Å²) in [7, 11) is 0. The zero-order valence-corrected chi connectivity index (χ0v) is 10.9. The summed E-state index contributed by atoms with van der Waals surface area (Å²) < 4.78 is 2.17. The number of aromatic nitrogens is 1. The van der Waals surface area contributed by atoms with Crippen LogP contribution in [-0.2, 0) is 6.54 Å². The quantitative estimate of drug-likeness (QED) is 0.871. The van der Waals surface area contributed by atoms with Crippen molar-refractivity contribution in [2.24, 2.45) is 5.92 Å². The Balaban J connectivity index is 2.42. The molecule has 0 fully saturated rings. The van der Waals surface area contributed by atoms with Gasteiger partial charge in [0.15, 0.2) is 0 Å². The lowest BCUT2D eigenvalue weighted by atomic mass is 10.0. The van der Waals surface area contributed by atoms with Crippen LogP contribution in [-0.4, -0.2) is 15.6 Å². The van der Waals surface area contributed by atoms with Crippen molar-refractivity contribution in [1.82, 2.24) is 4.57 Å². The van der Waals surface area contributed by atoms with Gasteiger partial charge in [0.25, 0.3) is 0 Å². The first-order valence-corrected chi connectivity index (χ1v) is 6.48. The van der Waals surface area contributed by atoms with E-state index in [0.29, 0.717) is 11.5 Å². The number of fused-ring (bicyclic) bond motifs is 1. The van der Waals surface area contributed by atoms with Gasteiger partial charge in [0.2, 0.25) is 0 Å². The average Bonchev–Trinajstić information content (AvgIpc) is 2.78. The lowest BCUT2D eigenvalue weighted by Crippen LogP contribution is -2.08. The molecule has 1 N–H and O–H groups in total. The van der Waals surface area contributed by atoms with Gasteiger partial charge < -0.3 is 9.67 Å². The maximum absolute atomic E-state index is 11.1. The minimum Gasteiger partial charge on any atom is -0.478 e. The molecule has 0 radical (unpaired) electrons. The molecular weight excluding hydrogens is 226 g/mol. The second kappa shape index (κ2) is 5.25. The number of carbonyl (C=O) groups is 1. The molecule has 2 rings (SSSR count). The molecule has 0 bridgehead atoms. The van der Waals surface area contributed by atoms with E-state index in [-0.39, 0.29) is 0 Å². The first-order valence-electron chi connectivity index (χ1n) is 6.48. The Kier molecular flexibility index (Phi) is 3.70. The van der Waals surface area contributed by atoms with Crippen molar-refractivity contribution < 1.29 is 9.90 Å². The molecule has 96 valence electrons. The molecule has 3 heteroatoms. The molecule has 0 atom stereocenters. The van der Waals surface area contributed by atoms with Crippen molar-refractivity contribution in [3.63, 3.8) is 0 Å². The minimum atomic E-state index is -0.860. The van der Waals surface area contributed by atoms with Crippen molar-refractivity contribution in [3.8, 4) is 0 Å². The SMILES string of the molecule is CCC(CC)Cn1ccc2c(C(=O)O)cccc21. The molecule has 0 spiro atoms. The van der Waals surface area contributed by atoms with Crippen molar-refractivity contribution in [2.75, 3.05) is 0 Å². The Morgan fingerprint density at radius 1 is 1.28 bits per heavy atom. The van der Waals surface area contributed by atoms with E-state index in [2.05, 4.69) is 18.4 Å². The second-order valence-electron chi connectivity index (χ2n) is 4.69. The van der Waals surface area contributed by atoms with E-state index in [9.17, 15) is 4.79 Å². The van der Waals surface area contributed by atoms with E-state index in [4.69, 9.17) is 5.11 Å². The van der Waals surface area contributed by atoms with Gasteiger partial charge in [-0.3, -0.25) is 0 Å². The molecule has 0 unspecified atom stereocenters. The Hall–Kier alpha value is -1.77. The predicted octanol–water partition coefficient (Wildman–Crippen LogP) is 3.78. The van der Waals surface area contributed by atoms with Gasteiger partial charge in [0.05, 0.1) is 5.56 Å². The van der Waals surface area contributed by atoms with Gasteiger partial charge in [-0.05, 0) is 24.1 Å². The molecular formula is C15H19NO2. The molecule has 2 aromatic rings. The second-order valence-corrected chi connectivity index (χ2v) is 4.69. The number of nitrogens with zero attached hydrogens (tertiary/aromatic N) is 1. The minimum absolute atomic E-state index is 0.385. The topological polar surface area (TPSA) is 42.2 Å². The van der Waals surface area contributed by atoms with Gasteiger partial charge in [-0.2, -0.15) is 0 Å². The molecule has 0 amide bonds. The van der Waals surface area contributed by atoms with E-state index in [1.54, 1.807) is 6.07 Å². The molecule has 0 aliphatic heterocycles. The van der Waals surface area contributed by atoms with Crippen LogP contribution in [0.1, 0.15) is 37.0 Å². The number of hydrogen-bond acceptors (Lipinski definition) is 1. The van der Waals surface area contributed by atoms with E-state index in [0.717, 1.165) is 30.3 Å². The van der Waals surface area contributed by atoms with Crippen LogP contribution in [0.5, 0.6) is 0 Å². The first-order chi connectivity index (χ1) is 8.67. The summed E-state index contributed by atoms with van der Waals surface area (Å²) in [6.45, 7) is 5.35. The highest BCUT2D eigenvalue weighted by molar-refractivity contribution is 6.02. The molecule has 0 saturated heterocycles. The third-order valence-corrected chi connectivity index (χ3v) is 3.65. The van der Waals surface area contributed by atoms with Crippen LogP contribution < -0.4 is 0 Å². The fraction of sp³-hybridized carbons (Fsp3) is 0.400. The summed E-state index contributed by atoms with van der Waals surface area (Å²) in [6, 6.07) is 7.37. The van der Waals surface area contributed by atoms with Crippen molar-refractivity contribution >= 4 is 16.9 Å². The number of carboxylic acid groups (broad SMARTS) is 1. The molecule has 1 aromatic heterocycles. The maximum atomic E-state index is 11.1. The van der Waals surface area contributed by atoms with Crippen LogP contribution in [0.25, 0.3) is 10.9 Å². The fourth-order valence-electron chi connectivity index (χ4n) is 2.39. The number of rotatable bonds is 5. The summed E-state index contributed by atoms with van der Waals surface area (Å²) in [5.74, 6) is -0.213. The Bertz CT molecular complexity index is 553. The molecule has 1 aromatic carbocycles. The summed E-state index contributed by atoms with van der Waals surface area (Å²) in [5.41, 5.74) is 1.40. The molecule has 1 heterocycles. The van der Waals surface area contributed by atoms with Gasteiger partial charge in [-0.25, -0.2) is 4.79 Å². The Morgan fingerprint density at radius 2 is 2.00 bits per heavy atom. The Morgan fingerprint density at radius 3 is 2.61 bits per heavy atom. The third-order valence-electron chi connectivity index (χ3n) is 3.65. The average molecular weight is 245 g/mol. The molecule has 0 saturated carbocycles. The van der Waals surface area contributed by atoms with E-state index >= 15 is 0 Å². The van der Waals surface area contributed by atoms with E-state index in [1.807, 2.05) is 24.4 Å². The van der Waals surface area contributed by atoms with Crippen molar-refractivity contribution in [1.29, 1.82) is 0 Å². The first kappa shape index (κ1) is 12.7. The highest BCUT2D eigenvalue weighted by atomic mass is 16.4. The third kappa shape index (κ3) is 2.26. The Labute approximate surface area is 107 Å². The van der Waals surface area contributed by atoms with Crippen LogP contribution in [0, 0.1) is 5.92 Å². The van der Waals surface area contributed by atoms with E-state index in [1.165, 1.54) is 0 Å². The highest BCUT2D eigenvalue weighted by Gasteiger charge is 2.12. The van der Waals surface area contributed by atoms with Gasteiger partial charge >= 0.3 is 5.97 Å². The van der Waals surface area contributed by atoms with Gasteiger partial charge in [-0.15, -0.1) is 0 Å². The van der Waals surface area contributed by atoms with Crippen LogP contribution in [0.3, 0.4) is 0 Å². The smallest absolute Gasteiger partial charge is 0.336 e. The van der Waals surface area contributed by atoms with Gasteiger partial charge in [0, 0.05) is 23.6 Å². The largest absolute Gasteiger partial charge is 0.478 e. The van der Waals surface area contributed by atoms with Gasteiger partial charge in [-0.1, -0.05) is 32.8 Å². The zero-order chi connectivity index (χ0) is 13.1. The number of benzene rings is 1. The summed E-state index contributed by atoms with van der Waals surface area (Å²) in [6.07, 6.45) is 4.29. The summed E-state index contributed by atoms with van der Waals surface area (Å²) >= 11 is 0. The monoisotopic (exact) mass is 245 g/mol. The fourth-order valence-corrected chi connectivity index (χ4v) is 2.39. The van der Waals surface area contributed by atoms with Crippen LogP contribution in [0.2, 0.25) is 0 Å². The van der Waals surface area contributed by atoms with Crippen LogP contribution in [0.4, 0.5) is 0 Å². The number of aromatic carboxylic acids is 1. The predicted molar refractivity (Wildman–Crippen MR) is 73.0 cm³/mol. The lowest BCUT2D eigenvalue weighted by Gasteiger charge is -2.14. The van der Waals surface area contributed by atoms with Crippen LogP contribution >= 0.6 is 0 Å². The molecule has 18 heavy (non-hydrogen) atoms.